The molecular weight excluding hydrogens is 442 g/mol. The summed E-state index contributed by atoms with van der Waals surface area (Å²) in [4.78, 5) is 18.0. The van der Waals surface area contributed by atoms with Crippen molar-refractivity contribution >= 4 is 39.5 Å². The van der Waals surface area contributed by atoms with E-state index in [-0.39, 0.29) is 5.91 Å². The number of hydrogen-bond donors (Lipinski definition) is 0. The van der Waals surface area contributed by atoms with Crippen LogP contribution >= 0.6 is 11.8 Å². The van der Waals surface area contributed by atoms with Crippen LogP contribution in [0.4, 0.5) is 0 Å². The Labute approximate surface area is 201 Å². The SMILES string of the molecule is COc1ccc(-c2ccc(C#N)c(SCCC(=O)n3c4ccccc4c4ccccc43)n2)cc1. The summed E-state index contributed by atoms with van der Waals surface area (Å²) in [5.74, 6) is 1.32. The van der Waals surface area contributed by atoms with E-state index in [0.717, 1.165) is 38.8 Å². The normalized spacial score (nSPS) is 10.9. The highest BCUT2D eigenvalue weighted by Crippen LogP contribution is 2.30. The number of nitrogens with zero attached hydrogens (tertiary/aromatic N) is 3. The summed E-state index contributed by atoms with van der Waals surface area (Å²) in [5.41, 5.74) is 4.05. The maximum atomic E-state index is 13.3. The Kier molecular flexibility index (Phi) is 6.03. The van der Waals surface area contributed by atoms with E-state index in [1.807, 2.05) is 78.9 Å². The molecule has 0 bridgehead atoms. The van der Waals surface area contributed by atoms with E-state index in [9.17, 15) is 10.1 Å². The van der Waals surface area contributed by atoms with Crippen molar-refractivity contribution in [1.29, 1.82) is 5.26 Å². The van der Waals surface area contributed by atoms with Crippen LogP contribution in [0.1, 0.15) is 16.8 Å². The predicted octanol–water partition coefficient (Wildman–Crippen LogP) is 6.56. The fourth-order valence-corrected chi connectivity index (χ4v) is 5.00. The molecule has 0 atom stereocenters. The first-order valence-electron chi connectivity index (χ1n) is 10.9. The van der Waals surface area contributed by atoms with Crippen LogP contribution in [0.5, 0.6) is 5.75 Å². The van der Waals surface area contributed by atoms with E-state index in [1.165, 1.54) is 11.8 Å². The highest BCUT2D eigenvalue weighted by molar-refractivity contribution is 7.99. The van der Waals surface area contributed by atoms with Gasteiger partial charge in [0.1, 0.15) is 16.8 Å². The summed E-state index contributed by atoms with van der Waals surface area (Å²) in [5, 5.41) is 12.3. The zero-order valence-corrected chi connectivity index (χ0v) is 19.4. The molecule has 2 heterocycles. The minimum absolute atomic E-state index is 0.0229. The molecule has 5 aromatic rings. The lowest BCUT2D eigenvalue weighted by Crippen LogP contribution is -2.11. The van der Waals surface area contributed by atoms with Gasteiger partial charge in [-0.25, -0.2) is 4.98 Å². The molecule has 0 aliphatic rings. The van der Waals surface area contributed by atoms with Crippen molar-refractivity contribution in [3.63, 3.8) is 0 Å². The van der Waals surface area contributed by atoms with Crippen LogP contribution in [-0.2, 0) is 0 Å². The molecule has 2 aromatic heterocycles. The van der Waals surface area contributed by atoms with Gasteiger partial charge < -0.3 is 4.74 Å². The summed E-state index contributed by atoms with van der Waals surface area (Å²) in [7, 11) is 1.63. The lowest BCUT2D eigenvalue weighted by Gasteiger charge is -2.09. The molecule has 5 rings (SSSR count). The Balaban J connectivity index is 1.38. The number of pyridine rings is 1. The molecule has 0 aliphatic heterocycles. The van der Waals surface area contributed by atoms with E-state index < -0.39 is 0 Å². The van der Waals surface area contributed by atoms with Crippen LogP contribution in [0.3, 0.4) is 0 Å². The van der Waals surface area contributed by atoms with Gasteiger partial charge in [-0.1, -0.05) is 36.4 Å². The molecule has 3 aromatic carbocycles. The number of benzene rings is 3. The molecule has 5 nitrogen and oxygen atoms in total. The standard InChI is InChI=1S/C28H21N3O2S/c1-33-21-13-10-19(11-14-21)24-15-12-20(18-29)28(30-24)34-17-16-27(32)31-25-8-4-2-6-22(25)23-7-3-5-9-26(23)31/h2-15H,16-17H2,1H3. The van der Waals surface area contributed by atoms with Crippen molar-refractivity contribution in [2.45, 2.75) is 11.4 Å². The van der Waals surface area contributed by atoms with Crippen LogP contribution < -0.4 is 4.74 Å². The highest BCUT2D eigenvalue weighted by atomic mass is 32.2. The van der Waals surface area contributed by atoms with Crippen LogP contribution in [0.15, 0.2) is 90.0 Å². The van der Waals surface area contributed by atoms with Gasteiger partial charge in [0.2, 0.25) is 5.91 Å². The molecule has 166 valence electrons. The molecule has 0 radical (unpaired) electrons. The lowest BCUT2D eigenvalue weighted by atomic mass is 10.1. The maximum Gasteiger partial charge on any atom is 0.232 e. The summed E-state index contributed by atoms with van der Waals surface area (Å²) >= 11 is 1.43. The Hall–Kier alpha value is -4.08. The number of methoxy groups -OCH3 is 1. The molecule has 0 unspecified atom stereocenters. The fraction of sp³-hybridized carbons (Fsp3) is 0.107. The van der Waals surface area contributed by atoms with Crippen molar-refractivity contribution in [2.75, 3.05) is 12.9 Å². The first-order valence-corrected chi connectivity index (χ1v) is 11.9. The molecule has 0 fully saturated rings. The topological polar surface area (TPSA) is 67.9 Å². The number of nitriles is 1. The zero-order valence-electron chi connectivity index (χ0n) is 18.6. The average molecular weight is 464 g/mol. The van der Waals surface area contributed by atoms with Crippen molar-refractivity contribution in [3.8, 4) is 23.1 Å². The Morgan fingerprint density at radius 3 is 2.21 bits per heavy atom. The zero-order chi connectivity index (χ0) is 23.5. The monoisotopic (exact) mass is 463 g/mol. The Morgan fingerprint density at radius 2 is 1.59 bits per heavy atom. The van der Waals surface area contributed by atoms with Gasteiger partial charge in [-0.05, 0) is 48.5 Å². The molecule has 0 saturated heterocycles. The van der Waals surface area contributed by atoms with Crippen LogP contribution in [-0.4, -0.2) is 28.3 Å². The number of rotatable bonds is 6. The van der Waals surface area contributed by atoms with Crippen molar-refractivity contribution in [2.24, 2.45) is 0 Å². The summed E-state index contributed by atoms with van der Waals surface area (Å²) in [6.45, 7) is 0. The van der Waals surface area contributed by atoms with Gasteiger partial charge >= 0.3 is 0 Å². The molecule has 0 N–H and O–H groups in total. The smallest absolute Gasteiger partial charge is 0.232 e. The highest BCUT2D eigenvalue weighted by Gasteiger charge is 2.16. The largest absolute Gasteiger partial charge is 0.497 e. The number of para-hydroxylation sites is 2. The number of hydrogen-bond acceptors (Lipinski definition) is 5. The third-order valence-corrected chi connectivity index (χ3v) is 6.74. The van der Waals surface area contributed by atoms with E-state index in [0.29, 0.717) is 22.8 Å². The van der Waals surface area contributed by atoms with Gasteiger partial charge in [0.25, 0.3) is 0 Å². The van der Waals surface area contributed by atoms with Crippen molar-refractivity contribution in [3.05, 3.63) is 90.5 Å². The third kappa shape index (κ3) is 4.02. The number of ether oxygens (including phenoxy) is 1. The second kappa shape index (κ2) is 9.42. The van der Waals surface area contributed by atoms with Crippen molar-refractivity contribution < 1.29 is 9.53 Å². The van der Waals surface area contributed by atoms with Crippen molar-refractivity contribution in [1.82, 2.24) is 9.55 Å². The number of carbonyl (C=O) groups excluding carboxylic acids is 1. The Bertz CT molecular complexity index is 1500. The summed E-state index contributed by atoms with van der Waals surface area (Å²) in [6.07, 6.45) is 0.326. The number of thioether (sulfide) groups is 1. The Morgan fingerprint density at radius 1 is 0.941 bits per heavy atom. The second-order valence-electron chi connectivity index (χ2n) is 7.75. The van der Waals surface area contributed by atoms with Gasteiger partial charge in [-0.2, -0.15) is 5.26 Å². The van der Waals surface area contributed by atoms with E-state index in [4.69, 9.17) is 9.72 Å². The van der Waals surface area contributed by atoms with Gasteiger partial charge in [0.05, 0.1) is 29.4 Å². The van der Waals surface area contributed by atoms with E-state index in [1.54, 1.807) is 17.7 Å². The minimum atomic E-state index is 0.0229. The fourth-order valence-electron chi connectivity index (χ4n) is 4.10. The van der Waals surface area contributed by atoms with Crippen LogP contribution in [0.2, 0.25) is 0 Å². The van der Waals surface area contributed by atoms with Crippen LogP contribution in [0, 0.1) is 11.3 Å². The number of carbonyl (C=O) groups is 1. The molecule has 0 amide bonds. The summed E-state index contributed by atoms with van der Waals surface area (Å²) in [6, 6.07) is 29.4. The maximum absolute atomic E-state index is 13.3. The quantitative estimate of drug-likeness (QED) is 0.267. The predicted molar refractivity (Wildman–Crippen MR) is 136 cm³/mol. The molecule has 0 aliphatic carbocycles. The lowest BCUT2D eigenvalue weighted by molar-refractivity contribution is 0.0920. The van der Waals surface area contributed by atoms with Gasteiger partial charge in [-0.15, -0.1) is 11.8 Å². The van der Waals surface area contributed by atoms with Crippen LogP contribution in [0.25, 0.3) is 33.1 Å². The second-order valence-corrected chi connectivity index (χ2v) is 8.84. The average Bonchev–Trinajstić information content (AvgIpc) is 3.23. The third-order valence-electron chi connectivity index (χ3n) is 5.75. The first kappa shape index (κ1) is 21.7. The van der Waals surface area contributed by atoms with Gasteiger partial charge in [0.15, 0.2) is 0 Å². The summed E-state index contributed by atoms with van der Waals surface area (Å²) < 4.78 is 7.03. The molecular formula is C28H21N3O2S. The van der Waals surface area contributed by atoms with Gasteiger partial charge in [0, 0.05) is 28.5 Å². The minimum Gasteiger partial charge on any atom is -0.497 e. The van der Waals surface area contributed by atoms with E-state index >= 15 is 0 Å². The molecule has 6 heteroatoms. The number of aromatic nitrogens is 2. The molecule has 0 saturated carbocycles. The number of fused-ring (bicyclic) bond motifs is 3. The molecule has 0 spiro atoms. The first-order chi connectivity index (χ1) is 16.7. The molecule has 34 heavy (non-hydrogen) atoms. The van der Waals surface area contributed by atoms with Gasteiger partial charge in [-0.3, -0.25) is 9.36 Å². The van der Waals surface area contributed by atoms with E-state index in [2.05, 4.69) is 6.07 Å².